The van der Waals surface area contributed by atoms with E-state index in [1.807, 2.05) is 59.3 Å². The molecule has 1 aromatic carbocycles. The van der Waals surface area contributed by atoms with Crippen LogP contribution in [0.2, 0.25) is 0 Å². The van der Waals surface area contributed by atoms with E-state index in [1.54, 1.807) is 17.4 Å². The van der Waals surface area contributed by atoms with Crippen molar-refractivity contribution in [3.8, 4) is 0 Å². The van der Waals surface area contributed by atoms with Gasteiger partial charge in [0.1, 0.15) is 0 Å². The average Bonchev–Trinajstić information content (AvgIpc) is 3.51. The van der Waals surface area contributed by atoms with Crippen LogP contribution in [0.3, 0.4) is 0 Å². The summed E-state index contributed by atoms with van der Waals surface area (Å²) in [7, 11) is 0. The molecule has 31 heavy (non-hydrogen) atoms. The summed E-state index contributed by atoms with van der Waals surface area (Å²) >= 11 is 3.00. The number of nitrogens with one attached hydrogen (secondary N) is 1. The maximum absolute atomic E-state index is 12.7. The summed E-state index contributed by atoms with van der Waals surface area (Å²) in [6.07, 6.45) is 5.53. The molecule has 0 atom stereocenters. The number of rotatable bonds is 7. The van der Waals surface area contributed by atoms with Crippen molar-refractivity contribution >= 4 is 57.6 Å². The summed E-state index contributed by atoms with van der Waals surface area (Å²) in [4.78, 5) is 29.1. The standard InChI is InChI=1S/C24H24N2O3S2/c27-23(25-18-8-10-19(11-9-18)26-12-2-1-3-13-26)17-29-24(28)21(22-7-5-15-31-22)16-20-6-4-14-30-20/h4-11,14-16H,1-3,12-13,17H2,(H,25,27). The van der Waals surface area contributed by atoms with Crippen LogP contribution in [0.5, 0.6) is 0 Å². The topological polar surface area (TPSA) is 58.6 Å². The molecule has 0 spiro atoms. The number of amides is 1. The molecular weight excluding hydrogens is 428 g/mol. The Hall–Kier alpha value is -2.90. The van der Waals surface area contributed by atoms with Crippen LogP contribution in [0.25, 0.3) is 11.6 Å². The van der Waals surface area contributed by atoms with E-state index in [2.05, 4.69) is 10.2 Å². The van der Waals surface area contributed by atoms with Crippen LogP contribution in [0.15, 0.2) is 59.3 Å². The molecule has 3 aromatic rings. The Bertz CT molecular complexity index is 1020. The van der Waals surface area contributed by atoms with Gasteiger partial charge in [-0.25, -0.2) is 4.79 Å². The van der Waals surface area contributed by atoms with E-state index in [0.717, 1.165) is 22.8 Å². The highest BCUT2D eigenvalue weighted by molar-refractivity contribution is 7.12. The minimum atomic E-state index is -0.508. The normalized spacial score (nSPS) is 14.3. The van der Waals surface area contributed by atoms with Crippen LogP contribution in [-0.2, 0) is 14.3 Å². The second kappa shape index (κ2) is 10.4. The molecule has 0 bridgehead atoms. The fourth-order valence-electron chi connectivity index (χ4n) is 3.49. The number of carbonyl (C=O) groups is 2. The number of nitrogens with zero attached hydrogens (tertiary/aromatic N) is 1. The van der Waals surface area contributed by atoms with Crippen molar-refractivity contribution in [3.63, 3.8) is 0 Å². The van der Waals surface area contributed by atoms with Crippen molar-refractivity contribution in [1.29, 1.82) is 0 Å². The quantitative estimate of drug-likeness (QED) is 0.379. The summed E-state index contributed by atoms with van der Waals surface area (Å²) in [5.41, 5.74) is 2.31. The van der Waals surface area contributed by atoms with Crippen LogP contribution in [0.4, 0.5) is 11.4 Å². The van der Waals surface area contributed by atoms with Crippen molar-refractivity contribution in [2.75, 3.05) is 29.9 Å². The van der Waals surface area contributed by atoms with Gasteiger partial charge in [-0.2, -0.15) is 0 Å². The molecule has 2 aromatic heterocycles. The van der Waals surface area contributed by atoms with Crippen LogP contribution < -0.4 is 10.2 Å². The summed E-state index contributed by atoms with van der Waals surface area (Å²) in [5, 5.41) is 6.66. The van der Waals surface area contributed by atoms with Crippen molar-refractivity contribution in [3.05, 3.63) is 69.0 Å². The van der Waals surface area contributed by atoms with E-state index in [4.69, 9.17) is 4.74 Å². The minimum Gasteiger partial charge on any atom is -0.452 e. The average molecular weight is 453 g/mol. The second-order valence-corrected chi connectivity index (χ2v) is 9.20. The molecule has 1 N–H and O–H groups in total. The third kappa shape index (κ3) is 5.83. The van der Waals surface area contributed by atoms with Crippen LogP contribution >= 0.6 is 22.7 Å². The van der Waals surface area contributed by atoms with Gasteiger partial charge in [0, 0.05) is 34.2 Å². The molecule has 1 aliphatic heterocycles. The molecule has 0 unspecified atom stereocenters. The zero-order valence-electron chi connectivity index (χ0n) is 17.1. The Labute approximate surface area is 190 Å². The Morgan fingerprint density at radius 3 is 2.39 bits per heavy atom. The zero-order valence-corrected chi connectivity index (χ0v) is 18.7. The van der Waals surface area contributed by atoms with Gasteiger partial charge in [-0.1, -0.05) is 12.1 Å². The first-order valence-corrected chi connectivity index (χ1v) is 12.1. The monoisotopic (exact) mass is 452 g/mol. The lowest BCUT2D eigenvalue weighted by molar-refractivity contribution is -0.141. The fourth-order valence-corrected chi connectivity index (χ4v) is 4.88. The Kier molecular flexibility index (Phi) is 7.17. The molecule has 1 fully saturated rings. The minimum absolute atomic E-state index is 0.333. The molecule has 3 heterocycles. The first-order valence-electron chi connectivity index (χ1n) is 10.3. The number of benzene rings is 1. The second-order valence-electron chi connectivity index (χ2n) is 7.27. The lowest BCUT2D eigenvalue weighted by atomic mass is 10.1. The van der Waals surface area contributed by atoms with Gasteiger partial charge in [0.15, 0.2) is 6.61 Å². The van der Waals surface area contributed by atoms with Crippen LogP contribution in [-0.4, -0.2) is 31.6 Å². The third-order valence-corrected chi connectivity index (χ3v) is 6.77. The van der Waals surface area contributed by atoms with E-state index < -0.39 is 5.97 Å². The van der Waals surface area contributed by atoms with Gasteiger partial charge < -0.3 is 15.0 Å². The Morgan fingerprint density at radius 1 is 0.968 bits per heavy atom. The fraction of sp³-hybridized carbons (Fsp3) is 0.250. The highest BCUT2D eigenvalue weighted by atomic mass is 32.1. The van der Waals surface area contributed by atoms with Gasteiger partial charge in [0.2, 0.25) is 0 Å². The summed E-state index contributed by atoms with van der Waals surface area (Å²) in [6.45, 7) is 1.82. The number of ether oxygens (including phenoxy) is 1. The molecule has 0 aliphatic carbocycles. The number of anilines is 2. The molecule has 7 heteroatoms. The largest absolute Gasteiger partial charge is 0.452 e. The molecule has 1 aliphatic rings. The lowest BCUT2D eigenvalue weighted by Crippen LogP contribution is -2.29. The van der Waals surface area contributed by atoms with Gasteiger partial charge >= 0.3 is 5.97 Å². The van der Waals surface area contributed by atoms with Gasteiger partial charge in [-0.3, -0.25) is 4.79 Å². The lowest BCUT2D eigenvalue weighted by Gasteiger charge is -2.28. The van der Waals surface area contributed by atoms with Gasteiger partial charge in [0.25, 0.3) is 5.91 Å². The molecule has 0 saturated carbocycles. The summed E-state index contributed by atoms with van der Waals surface area (Å²) < 4.78 is 5.31. The highest BCUT2D eigenvalue weighted by Gasteiger charge is 2.17. The Morgan fingerprint density at radius 2 is 1.71 bits per heavy atom. The predicted molar refractivity (Wildman–Crippen MR) is 129 cm³/mol. The van der Waals surface area contributed by atoms with Crippen molar-refractivity contribution < 1.29 is 14.3 Å². The van der Waals surface area contributed by atoms with Crippen LogP contribution in [0.1, 0.15) is 29.0 Å². The maximum atomic E-state index is 12.7. The number of carbonyl (C=O) groups excluding carboxylic acids is 2. The first kappa shape index (κ1) is 21.3. The van der Waals surface area contributed by atoms with Gasteiger partial charge in [-0.15, -0.1) is 22.7 Å². The molecule has 5 nitrogen and oxygen atoms in total. The first-order chi connectivity index (χ1) is 15.2. The molecular formula is C24H24N2O3S2. The maximum Gasteiger partial charge on any atom is 0.340 e. The van der Waals surface area contributed by atoms with Gasteiger partial charge in [-0.05, 0) is 72.5 Å². The molecule has 4 rings (SSSR count). The Balaban J connectivity index is 1.33. The molecule has 160 valence electrons. The summed E-state index contributed by atoms with van der Waals surface area (Å²) in [5.74, 6) is -0.868. The smallest absolute Gasteiger partial charge is 0.340 e. The van der Waals surface area contributed by atoms with E-state index in [-0.39, 0.29) is 12.5 Å². The van der Waals surface area contributed by atoms with Crippen LogP contribution in [0, 0.1) is 0 Å². The van der Waals surface area contributed by atoms with Crippen molar-refractivity contribution in [2.24, 2.45) is 0 Å². The van der Waals surface area contributed by atoms with Crippen molar-refractivity contribution in [2.45, 2.75) is 19.3 Å². The predicted octanol–water partition coefficient (Wildman–Crippen LogP) is 5.52. The van der Waals surface area contributed by atoms with Gasteiger partial charge in [0.05, 0.1) is 5.57 Å². The number of hydrogen-bond donors (Lipinski definition) is 1. The van der Waals surface area contributed by atoms with E-state index in [1.165, 1.54) is 36.3 Å². The number of esters is 1. The molecule has 1 saturated heterocycles. The number of thiophene rings is 2. The molecule has 0 radical (unpaired) electrons. The van der Waals surface area contributed by atoms with E-state index in [0.29, 0.717) is 11.3 Å². The number of piperidine rings is 1. The summed E-state index contributed by atoms with van der Waals surface area (Å²) in [6, 6.07) is 15.4. The molecule has 1 amide bonds. The van der Waals surface area contributed by atoms with E-state index in [9.17, 15) is 9.59 Å². The SMILES string of the molecule is O=C(COC(=O)C(=Cc1cccs1)c1cccs1)Nc1ccc(N2CCCCC2)cc1. The van der Waals surface area contributed by atoms with Crippen molar-refractivity contribution in [1.82, 2.24) is 0 Å². The number of hydrogen-bond acceptors (Lipinski definition) is 6. The zero-order chi connectivity index (χ0) is 21.5. The third-order valence-electron chi connectivity index (χ3n) is 5.04. The van der Waals surface area contributed by atoms with E-state index >= 15 is 0 Å². The highest BCUT2D eigenvalue weighted by Crippen LogP contribution is 2.26.